The maximum atomic E-state index is 12.9. The maximum Gasteiger partial charge on any atom is 0.263 e. The van der Waals surface area contributed by atoms with E-state index >= 15 is 0 Å². The van der Waals surface area contributed by atoms with Gasteiger partial charge in [-0.15, -0.1) is 11.3 Å². The molecule has 1 aliphatic rings. The minimum Gasteiger partial charge on any atom is -0.420 e. The molecule has 164 valence electrons. The van der Waals surface area contributed by atoms with Crippen molar-refractivity contribution in [2.45, 2.75) is 26.4 Å². The molecule has 2 N–H and O–H groups in total. The number of amides is 1. The van der Waals surface area contributed by atoms with Gasteiger partial charge >= 0.3 is 0 Å². The van der Waals surface area contributed by atoms with E-state index in [1.54, 1.807) is 24.3 Å². The number of ether oxygens (including phenoxy) is 2. The van der Waals surface area contributed by atoms with Crippen LogP contribution in [-0.4, -0.2) is 40.0 Å². The average molecular weight is 474 g/mol. The van der Waals surface area contributed by atoms with Gasteiger partial charge in [0.25, 0.3) is 5.91 Å². The molecule has 1 unspecified atom stereocenters. The smallest absolute Gasteiger partial charge is 0.263 e. The summed E-state index contributed by atoms with van der Waals surface area (Å²) in [6.45, 7) is -0.443. The highest BCUT2D eigenvalue weighted by Gasteiger charge is 2.24. The predicted molar refractivity (Wildman–Crippen MR) is 125 cm³/mol. The minimum absolute atomic E-state index is 0.0190. The van der Waals surface area contributed by atoms with Crippen molar-refractivity contribution >= 4 is 55.5 Å². The Balaban J connectivity index is 1.58. The molecule has 0 spiro atoms. The molecule has 1 atom stereocenters. The van der Waals surface area contributed by atoms with Crippen LogP contribution in [-0.2, 0) is 11.3 Å². The van der Waals surface area contributed by atoms with Crippen LogP contribution in [0, 0.1) is 0 Å². The van der Waals surface area contributed by atoms with Crippen LogP contribution in [0.4, 0.5) is 5.69 Å². The highest BCUT2D eigenvalue weighted by Crippen LogP contribution is 2.41. The number of benzene rings is 1. The monoisotopic (exact) mass is 473 g/mol. The van der Waals surface area contributed by atoms with E-state index in [1.807, 2.05) is 6.92 Å². The second-order valence-corrected chi connectivity index (χ2v) is 8.24. The van der Waals surface area contributed by atoms with Crippen molar-refractivity contribution in [2.75, 3.05) is 18.4 Å². The summed E-state index contributed by atoms with van der Waals surface area (Å²) in [4.78, 5) is 25.8. The average Bonchev–Trinajstić information content (AvgIpc) is 3.18. The highest BCUT2D eigenvalue weighted by atomic mass is 35.5. The SMILES string of the molecule is [2H]CC1([2H])NC(=O)c2sc3ccc4nc(Oc5nc(Cl)ncc5COCC)ccc4c3c2NC1([2H])[2H]. The Labute approximate surface area is 198 Å². The Morgan fingerprint density at radius 3 is 3.12 bits per heavy atom. The standard InChI is InChI=1S/C22H20ClN5O3S/c1-3-30-10-12-9-25-22(23)28-21(12)31-16-7-4-13-14(27-16)5-6-15-17(13)18-19(32-15)20(29)26-11(2)8-24-18/h4-7,9,11,24H,3,8,10H2,1-2H3,(H,26,29)/i2D,8D2,11D. The van der Waals surface area contributed by atoms with Crippen LogP contribution in [0.1, 0.15) is 34.5 Å². The fourth-order valence-electron chi connectivity index (χ4n) is 3.35. The van der Waals surface area contributed by atoms with Crippen LogP contribution in [0.3, 0.4) is 0 Å². The molecule has 0 saturated carbocycles. The zero-order valence-electron chi connectivity index (χ0n) is 20.9. The minimum atomic E-state index is -2.40. The molecule has 8 nitrogen and oxygen atoms in total. The molecule has 1 amide bonds. The maximum absolute atomic E-state index is 12.9. The number of carbonyl (C=O) groups is 1. The van der Waals surface area contributed by atoms with Crippen molar-refractivity contribution in [3.8, 4) is 11.8 Å². The Morgan fingerprint density at radius 2 is 2.28 bits per heavy atom. The molecule has 1 aromatic carbocycles. The van der Waals surface area contributed by atoms with E-state index in [1.165, 1.54) is 17.5 Å². The van der Waals surface area contributed by atoms with Gasteiger partial charge < -0.3 is 20.1 Å². The van der Waals surface area contributed by atoms with Gasteiger partial charge in [-0.1, -0.05) is 0 Å². The Kier molecular flexibility index (Phi) is 4.41. The highest BCUT2D eigenvalue weighted by molar-refractivity contribution is 7.21. The first-order chi connectivity index (χ1) is 17.2. The summed E-state index contributed by atoms with van der Waals surface area (Å²) in [5, 5.41) is 6.36. The molecule has 0 fully saturated rings. The van der Waals surface area contributed by atoms with Gasteiger partial charge in [0.1, 0.15) is 4.88 Å². The number of anilines is 1. The Morgan fingerprint density at radius 1 is 1.38 bits per heavy atom. The van der Waals surface area contributed by atoms with Crippen molar-refractivity contribution in [3.05, 3.63) is 46.2 Å². The van der Waals surface area contributed by atoms with Crippen LogP contribution in [0.2, 0.25) is 5.28 Å². The third kappa shape index (κ3) is 3.83. The summed E-state index contributed by atoms with van der Waals surface area (Å²) in [7, 11) is 0. The fourth-order valence-corrected chi connectivity index (χ4v) is 4.55. The lowest BCUT2D eigenvalue weighted by molar-refractivity contribution is 0.0949. The molecule has 3 aromatic heterocycles. The number of carbonyl (C=O) groups excluding carboxylic acids is 1. The van der Waals surface area contributed by atoms with Gasteiger partial charge in [-0.2, -0.15) is 4.98 Å². The molecule has 0 aliphatic carbocycles. The number of hydrogen-bond donors (Lipinski definition) is 2. The summed E-state index contributed by atoms with van der Waals surface area (Å²) in [6, 6.07) is 4.81. The zero-order valence-corrected chi connectivity index (χ0v) is 18.4. The number of aromatic nitrogens is 3. The van der Waals surface area contributed by atoms with Crippen molar-refractivity contribution < 1.29 is 19.8 Å². The molecular formula is C22H20ClN5O3S. The van der Waals surface area contributed by atoms with Crippen molar-refractivity contribution in [1.29, 1.82) is 0 Å². The fraction of sp³-hybridized carbons (Fsp3) is 0.273. The first-order valence-corrected chi connectivity index (χ1v) is 10.9. The lowest BCUT2D eigenvalue weighted by atomic mass is 10.1. The second-order valence-electron chi connectivity index (χ2n) is 6.85. The van der Waals surface area contributed by atoms with Gasteiger partial charge in [-0.25, -0.2) is 9.97 Å². The number of fused-ring (bicyclic) bond motifs is 5. The lowest BCUT2D eigenvalue weighted by Crippen LogP contribution is -2.34. The number of rotatable bonds is 5. The van der Waals surface area contributed by atoms with Crippen LogP contribution >= 0.6 is 22.9 Å². The van der Waals surface area contributed by atoms with Crippen molar-refractivity contribution in [1.82, 2.24) is 20.3 Å². The van der Waals surface area contributed by atoms with E-state index in [9.17, 15) is 4.79 Å². The quantitative estimate of drug-likeness (QED) is 0.403. The normalized spacial score (nSPS) is 21.5. The summed E-state index contributed by atoms with van der Waals surface area (Å²) >= 11 is 7.13. The Bertz CT molecular complexity index is 1500. The van der Waals surface area contributed by atoms with Crippen molar-refractivity contribution in [2.24, 2.45) is 0 Å². The number of hydrogen-bond acceptors (Lipinski definition) is 8. The van der Waals surface area contributed by atoms with Crippen LogP contribution in [0.5, 0.6) is 11.8 Å². The van der Waals surface area contributed by atoms with Crippen LogP contribution in [0.25, 0.3) is 21.0 Å². The molecule has 4 heterocycles. The Hall–Kier alpha value is -3.01. The van der Waals surface area contributed by atoms with Gasteiger partial charge in [0.05, 0.1) is 27.5 Å². The third-order valence-corrected chi connectivity index (χ3v) is 6.10. The van der Waals surface area contributed by atoms with E-state index < -0.39 is 25.3 Å². The number of nitrogens with one attached hydrogen (secondary N) is 2. The molecule has 5 rings (SSSR count). The molecule has 10 heteroatoms. The molecule has 1 aliphatic heterocycles. The van der Waals surface area contributed by atoms with Gasteiger partial charge in [0, 0.05) is 48.2 Å². The molecule has 4 aromatic rings. The van der Waals surface area contributed by atoms with E-state index in [2.05, 4.69) is 25.6 Å². The molecule has 0 radical (unpaired) electrons. The van der Waals surface area contributed by atoms with E-state index in [0.29, 0.717) is 28.5 Å². The van der Waals surface area contributed by atoms with Gasteiger partial charge in [0.2, 0.25) is 17.0 Å². The van der Waals surface area contributed by atoms with Crippen LogP contribution < -0.4 is 15.4 Å². The van der Waals surface area contributed by atoms with Gasteiger partial charge in [-0.3, -0.25) is 4.79 Å². The molecule has 32 heavy (non-hydrogen) atoms. The molecular weight excluding hydrogens is 450 g/mol. The summed E-state index contributed by atoms with van der Waals surface area (Å²) < 4.78 is 44.8. The zero-order chi connectivity index (χ0) is 25.7. The molecule has 0 bridgehead atoms. The molecule has 0 saturated heterocycles. The first kappa shape index (κ1) is 16.6. The van der Waals surface area contributed by atoms with Gasteiger partial charge in [-0.05, 0) is 43.6 Å². The third-order valence-electron chi connectivity index (χ3n) is 4.76. The summed E-state index contributed by atoms with van der Waals surface area (Å²) in [5.74, 6) is -0.142. The number of thiophene rings is 1. The summed E-state index contributed by atoms with van der Waals surface area (Å²) in [6.07, 6.45) is 1.53. The van der Waals surface area contributed by atoms with Crippen molar-refractivity contribution in [3.63, 3.8) is 0 Å². The van der Waals surface area contributed by atoms with Crippen LogP contribution in [0.15, 0.2) is 30.5 Å². The topological polar surface area (TPSA) is 98.3 Å². The van der Waals surface area contributed by atoms with E-state index in [-0.39, 0.29) is 34.2 Å². The van der Waals surface area contributed by atoms with E-state index in [4.69, 9.17) is 26.6 Å². The van der Waals surface area contributed by atoms with Gasteiger partial charge in [0.15, 0.2) is 0 Å². The first-order valence-electron chi connectivity index (χ1n) is 11.9. The number of nitrogens with zero attached hydrogens (tertiary/aromatic N) is 3. The predicted octanol–water partition coefficient (Wildman–Crippen LogP) is 4.77. The lowest BCUT2D eigenvalue weighted by Gasteiger charge is -2.11. The summed E-state index contributed by atoms with van der Waals surface area (Å²) in [5.41, 5.74) is 1.41. The second kappa shape index (κ2) is 8.50. The number of pyridine rings is 1. The van der Waals surface area contributed by atoms with E-state index in [0.717, 1.165) is 4.70 Å². The largest absolute Gasteiger partial charge is 0.420 e. The number of halogens is 1.